The molecule has 1 saturated heterocycles. The Bertz CT molecular complexity index is 801. The van der Waals surface area contributed by atoms with Crippen molar-refractivity contribution >= 4 is 33.6 Å². The van der Waals surface area contributed by atoms with Crippen LogP contribution in [0.15, 0.2) is 35.2 Å². The zero-order valence-corrected chi connectivity index (χ0v) is 16.0. The Morgan fingerprint density at radius 1 is 1.46 bits per heavy atom. The summed E-state index contributed by atoms with van der Waals surface area (Å²) in [4.78, 5) is 22.3. The van der Waals surface area contributed by atoms with Gasteiger partial charge in [0.15, 0.2) is 0 Å². The molecule has 26 heavy (non-hydrogen) atoms. The third-order valence-corrected chi connectivity index (χ3v) is 7.17. The van der Waals surface area contributed by atoms with Gasteiger partial charge < -0.3 is 4.74 Å². The zero-order chi connectivity index (χ0) is 19.4. The molecule has 1 aromatic carbocycles. The van der Waals surface area contributed by atoms with Crippen LogP contribution in [0.25, 0.3) is 0 Å². The molecule has 2 rings (SSSR count). The Morgan fingerprint density at radius 2 is 2.12 bits per heavy atom. The molecular weight excluding hydrogens is 380 g/mol. The summed E-state index contributed by atoms with van der Waals surface area (Å²) >= 11 is 1.47. The summed E-state index contributed by atoms with van der Waals surface area (Å²) in [5, 5.41) is 9.04. The van der Waals surface area contributed by atoms with Gasteiger partial charge >= 0.3 is 0 Å². The Balaban J connectivity index is 2.32. The summed E-state index contributed by atoms with van der Waals surface area (Å²) in [6.45, 7) is 3.70. The number of thioether (sulfide) groups is 1. The van der Waals surface area contributed by atoms with Crippen LogP contribution in [0.2, 0.25) is 0 Å². The Labute approximate surface area is 156 Å². The molecular formula is C16H20N2O6S2. The van der Waals surface area contributed by atoms with E-state index in [-0.39, 0.29) is 18.0 Å². The summed E-state index contributed by atoms with van der Waals surface area (Å²) < 4.78 is 31.7. The first kappa shape index (κ1) is 20.5. The van der Waals surface area contributed by atoms with Gasteiger partial charge in [-0.25, -0.2) is 18.7 Å². The van der Waals surface area contributed by atoms with Crippen LogP contribution in [0.3, 0.4) is 0 Å². The summed E-state index contributed by atoms with van der Waals surface area (Å²) in [5.41, 5.74) is 1.57. The summed E-state index contributed by atoms with van der Waals surface area (Å²) in [5.74, 6) is 1.74. The van der Waals surface area contributed by atoms with Crippen molar-refractivity contribution in [1.82, 2.24) is 9.79 Å². The Kier molecular flexibility index (Phi) is 6.48. The molecule has 1 amide bonds. The number of amides is 1. The van der Waals surface area contributed by atoms with Gasteiger partial charge in [0.05, 0.1) is 4.90 Å². The lowest BCUT2D eigenvalue weighted by atomic mass is 10.0. The molecule has 8 nitrogen and oxygen atoms in total. The predicted octanol–water partition coefficient (Wildman–Crippen LogP) is 0.843. The van der Waals surface area contributed by atoms with Crippen LogP contribution < -0.4 is 10.2 Å². The quantitative estimate of drug-likeness (QED) is 0.413. The lowest BCUT2D eigenvalue weighted by Crippen LogP contribution is -2.61. The van der Waals surface area contributed by atoms with Gasteiger partial charge in [0.25, 0.3) is 5.91 Å². The van der Waals surface area contributed by atoms with Crippen molar-refractivity contribution in [2.24, 2.45) is 0 Å². The van der Waals surface area contributed by atoms with Gasteiger partial charge in [-0.2, -0.15) is 16.1 Å². The molecule has 10 heteroatoms. The molecule has 1 atom stereocenters. The third-order valence-electron chi connectivity index (χ3n) is 3.94. The van der Waals surface area contributed by atoms with E-state index in [9.17, 15) is 18.0 Å². The van der Waals surface area contributed by atoms with E-state index in [4.69, 9.17) is 9.94 Å². The van der Waals surface area contributed by atoms with E-state index in [0.717, 1.165) is 10.4 Å². The topological polar surface area (TPSA) is 113 Å². The predicted molar refractivity (Wildman–Crippen MR) is 96.3 cm³/mol. The molecule has 0 radical (unpaired) electrons. The van der Waals surface area contributed by atoms with Crippen molar-refractivity contribution < 1.29 is 28.0 Å². The van der Waals surface area contributed by atoms with Crippen molar-refractivity contribution in [3.63, 3.8) is 0 Å². The third kappa shape index (κ3) is 4.28. The van der Waals surface area contributed by atoms with Crippen LogP contribution in [0.1, 0.15) is 13.8 Å². The van der Waals surface area contributed by atoms with Crippen molar-refractivity contribution in [2.45, 2.75) is 29.5 Å². The number of carbonyl (C=O) groups excluding carboxylic acids is 2. The van der Waals surface area contributed by atoms with Gasteiger partial charge in [0, 0.05) is 23.1 Å². The van der Waals surface area contributed by atoms with Crippen molar-refractivity contribution in [1.29, 1.82) is 0 Å². The average Bonchev–Trinajstić information content (AvgIpc) is 2.61. The highest BCUT2D eigenvalue weighted by Crippen LogP contribution is 2.38. The number of carbonyl (C=O) groups is 1. The van der Waals surface area contributed by atoms with E-state index in [1.165, 1.54) is 36.0 Å². The molecule has 1 heterocycles. The van der Waals surface area contributed by atoms with Crippen LogP contribution in [-0.2, 0) is 19.6 Å². The van der Waals surface area contributed by atoms with Gasteiger partial charge in [-0.05, 0) is 38.1 Å². The van der Waals surface area contributed by atoms with E-state index in [2.05, 4.69) is 0 Å². The van der Waals surface area contributed by atoms with Gasteiger partial charge in [-0.3, -0.25) is 10.0 Å². The molecule has 0 spiro atoms. The van der Waals surface area contributed by atoms with Crippen molar-refractivity contribution in [2.75, 3.05) is 18.9 Å². The van der Waals surface area contributed by atoms with Crippen molar-refractivity contribution in [3.05, 3.63) is 30.3 Å². The molecule has 1 aliphatic heterocycles. The number of hydrogen-bond donors (Lipinski definition) is 2. The fourth-order valence-electron chi connectivity index (χ4n) is 2.74. The average molecular weight is 400 g/mol. The number of benzene rings is 1. The first-order valence-corrected chi connectivity index (χ1v) is 10.2. The number of rotatable bonds is 6. The number of ether oxygens (including phenoxy) is 1. The molecule has 142 valence electrons. The largest absolute Gasteiger partial charge is 0.489 e. The maximum absolute atomic E-state index is 13.0. The summed E-state index contributed by atoms with van der Waals surface area (Å²) in [6.07, 6.45) is 1.16. The van der Waals surface area contributed by atoms with Crippen LogP contribution >= 0.6 is 11.8 Å². The Morgan fingerprint density at radius 3 is 2.69 bits per heavy atom. The fourth-order valence-corrected chi connectivity index (χ4v) is 5.84. The van der Waals surface area contributed by atoms with E-state index in [1.54, 1.807) is 25.3 Å². The normalized spacial score (nSPS) is 20.0. The second kappa shape index (κ2) is 8.24. The maximum atomic E-state index is 13.0. The summed E-state index contributed by atoms with van der Waals surface area (Å²) in [6, 6.07) is 4.63. The lowest BCUT2D eigenvalue weighted by Gasteiger charge is -2.43. The second-order valence-electron chi connectivity index (χ2n) is 6.05. The zero-order valence-electron chi connectivity index (χ0n) is 14.3. The number of hydrogen-bond acceptors (Lipinski definition) is 7. The monoisotopic (exact) mass is 400 g/mol. The summed E-state index contributed by atoms with van der Waals surface area (Å²) in [7, 11) is -3.96. The standard InChI is InChI=1S/C16H20N2O6S2/c1-16(2)14(15(20)17-21)18(8-11-25-16)26(22,23)13-6-4-12(5-7-13)24-10-3-9-19/h3-7,14,21H,8,10-11H2,1-2H3,(H,17,20)/t14-/m0/s1. The number of hydroxylamine groups is 1. The maximum Gasteiger partial charge on any atom is 0.263 e. The fraction of sp³-hybridized carbons (Fsp3) is 0.438. The van der Waals surface area contributed by atoms with Crippen molar-refractivity contribution in [3.8, 4) is 5.75 Å². The van der Waals surface area contributed by atoms with Crippen LogP contribution in [0.4, 0.5) is 0 Å². The minimum absolute atomic E-state index is 0.00854. The molecule has 0 aromatic heterocycles. The molecule has 0 unspecified atom stereocenters. The van der Waals surface area contributed by atoms with E-state index < -0.39 is 26.7 Å². The molecule has 1 aliphatic rings. The Hall–Kier alpha value is -1.84. The van der Waals surface area contributed by atoms with E-state index in [1.807, 2.05) is 0 Å². The number of nitrogens with zero attached hydrogens (tertiary/aromatic N) is 1. The van der Waals surface area contributed by atoms with Gasteiger partial charge in [-0.15, -0.1) is 0 Å². The minimum Gasteiger partial charge on any atom is -0.489 e. The molecule has 0 saturated carbocycles. The number of sulfonamides is 1. The highest BCUT2D eigenvalue weighted by molar-refractivity contribution is 8.00. The molecule has 1 fully saturated rings. The highest BCUT2D eigenvalue weighted by Gasteiger charge is 2.48. The first-order valence-electron chi connectivity index (χ1n) is 7.76. The molecule has 2 N–H and O–H groups in total. The first-order chi connectivity index (χ1) is 12.2. The van der Waals surface area contributed by atoms with Gasteiger partial charge in [-0.1, -0.05) is 0 Å². The smallest absolute Gasteiger partial charge is 0.263 e. The number of nitrogens with one attached hydrogen (secondary N) is 1. The molecule has 0 aliphatic carbocycles. The van der Waals surface area contributed by atoms with Gasteiger partial charge in [0.2, 0.25) is 10.0 Å². The lowest BCUT2D eigenvalue weighted by molar-refractivity contribution is -0.134. The van der Waals surface area contributed by atoms with Crippen LogP contribution in [-0.4, -0.2) is 59.5 Å². The van der Waals surface area contributed by atoms with Crippen LogP contribution in [0.5, 0.6) is 5.75 Å². The second-order valence-corrected chi connectivity index (χ2v) is 9.69. The van der Waals surface area contributed by atoms with E-state index in [0.29, 0.717) is 11.5 Å². The molecule has 1 aromatic rings. The molecule has 0 bridgehead atoms. The SMILES string of the molecule is CC1(C)SCCN(S(=O)(=O)c2ccc(OCC=C=O)cc2)[C@H]1C(=O)NO. The van der Waals surface area contributed by atoms with Gasteiger partial charge in [0.1, 0.15) is 24.3 Å². The minimum atomic E-state index is -3.96. The van der Waals surface area contributed by atoms with E-state index >= 15 is 0 Å². The van der Waals surface area contributed by atoms with Crippen LogP contribution in [0, 0.1) is 0 Å². The highest BCUT2D eigenvalue weighted by atomic mass is 32.2.